The van der Waals surface area contributed by atoms with Gasteiger partial charge in [0.25, 0.3) is 0 Å². The highest BCUT2D eigenvalue weighted by Gasteiger charge is 2.30. The first-order valence-electron chi connectivity index (χ1n) is 8.47. The molecular weight excluding hydrogens is 384 g/mol. The quantitative estimate of drug-likeness (QED) is 0.237. The van der Waals surface area contributed by atoms with Gasteiger partial charge in [0.05, 0.1) is 12.4 Å². The van der Waals surface area contributed by atoms with Gasteiger partial charge >= 0.3 is 11.9 Å². The van der Waals surface area contributed by atoms with Crippen molar-refractivity contribution < 1.29 is 32.6 Å². The maximum Gasteiger partial charge on any atom is 0.321 e. The first-order chi connectivity index (χ1) is 13.3. The van der Waals surface area contributed by atoms with Gasteiger partial charge < -0.3 is 14.0 Å². The lowest BCUT2D eigenvalue weighted by Gasteiger charge is -2.16. The molecule has 0 fully saturated rings. The van der Waals surface area contributed by atoms with Crippen LogP contribution in [-0.2, 0) is 31.2 Å². The number of benzene rings is 2. The molecule has 0 amide bonds. The first-order valence-corrected chi connectivity index (χ1v) is 9.75. The first kappa shape index (κ1) is 21.5. The van der Waals surface area contributed by atoms with E-state index in [9.17, 15) is 18.6 Å². The van der Waals surface area contributed by atoms with Crippen LogP contribution in [0, 0.1) is 0 Å². The summed E-state index contributed by atoms with van der Waals surface area (Å²) in [5.74, 6) is -2.55. The monoisotopic (exact) mass is 404 g/mol. The van der Waals surface area contributed by atoms with Crippen molar-refractivity contribution in [2.75, 3.05) is 6.61 Å². The SMILES string of the molecule is CCOC(=O)C(C(=O)c1ccc(CS(=O)O)cc1)c1ccc(OC(C)=O)cc1. The summed E-state index contributed by atoms with van der Waals surface area (Å²) in [5, 5.41) is 0. The minimum Gasteiger partial charge on any atom is -0.465 e. The summed E-state index contributed by atoms with van der Waals surface area (Å²) >= 11 is -1.98. The molecule has 2 atom stereocenters. The standard InChI is InChI=1S/C20H20O7S/c1-3-26-20(23)18(15-8-10-17(11-9-15)27-13(2)21)19(22)16-6-4-14(5-7-16)12-28(24)25/h4-11,18H,3,12H2,1-2H3,(H,24,25). The van der Waals surface area contributed by atoms with Gasteiger partial charge in [-0.3, -0.25) is 14.4 Å². The molecule has 28 heavy (non-hydrogen) atoms. The van der Waals surface area contributed by atoms with Crippen molar-refractivity contribution in [3.05, 3.63) is 65.2 Å². The van der Waals surface area contributed by atoms with Crippen LogP contribution in [0.1, 0.15) is 41.3 Å². The van der Waals surface area contributed by atoms with Crippen molar-refractivity contribution in [2.45, 2.75) is 25.5 Å². The second-order valence-corrected chi connectivity index (χ2v) is 6.81. The van der Waals surface area contributed by atoms with Crippen molar-refractivity contribution in [3.63, 3.8) is 0 Å². The van der Waals surface area contributed by atoms with Crippen LogP contribution in [0.4, 0.5) is 0 Å². The molecule has 148 valence electrons. The van der Waals surface area contributed by atoms with Gasteiger partial charge in [-0.1, -0.05) is 36.4 Å². The molecule has 7 nitrogen and oxygen atoms in total. The molecule has 2 unspecified atom stereocenters. The number of hydrogen-bond acceptors (Lipinski definition) is 6. The molecule has 0 aromatic heterocycles. The Morgan fingerprint density at radius 3 is 2.14 bits per heavy atom. The molecule has 0 radical (unpaired) electrons. The van der Waals surface area contributed by atoms with Crippen LogP contribution in [0.3, 0.4) is 0 Å². The lowest BCUT2D eigenvalue weighted by Crippen LogP contribution is -2.24. The van der Waals surface area contributed by atoms with Gasteiger partial charge in [-0.2, -0.15) is 0 Å². The Morgan fingerprint density at radius 1 is 1.04 bits per heavy atom. The van der Waals surface area contributed by atoms with E-state index < -0.39 is 34.7 Å². The molecule has 2 aromatic rings. The third-order valence-corrected chi connectivity index (χ3v) is 4.37. The van der Waals surface area contributed by atoms with Crippen molar-refractivity contribution in [1.82, 2.24) is 0 Å². The van der Waals surface area contributed by atoms with Gasteiger partial charge in [0.15, 0.2) is 16.9 Å². The minimum absolute atomic E-state index is 0.0482. The van der Waals surface area contributed by atoms with Gasteiger partial charge in [-0.15, -0.1) is 0 Å². The van der Waals surface area contributed by atoms with Crippen molar-refractivity contribution in [1.29, 1.82) is 0 Å². The van der Waals surface area contributed by atoms with E-state index in [2.05, 4.69) is 0 Å². The van der Waals surface area contributed by atoms with E-state index in [-0.39, 0.29) is 17.9 Å². The molecule has 0 saturated carbocycles. The van der Waals surface area contributed by atoms with E-state index in [4.69, 9.17) is 14.0 Å². The fourth-order valence-electron chi connectivity index (χ4n) is 2.59. The zero-order valence-corrected chi connectivity index (χ0v) is 16.2. The number of rotatable bonds is 8. The van der Waals surface area contributed by atoms with Crippen LogP contribution in [0.15, 0.2) is 48.5 Å². The average molecular weight is 404 g/mol. The predicted molar refractivity (Wildman–Crippen MR) is 102 cm³/mol. The number of ether oxygens (including phenoxy) is 2. The molecule has 8 heteroatoms. The highest BCUT2D eigenvalue weighted by Crippen LogP contribution is 2.25. The van der Waals surface area contributed by atoms with E-state index in [1.54, 1.807) is 19.1 Å². The molecule has 0 saturated heterocycles. The van der Waals surface area contributed by atoms with Crippen LogP contribution in [0.2, 0.25) is 0 Å². The Morgan fingerprint density at radius 2 is 1.64 bits per heavy atom. The fraction of sp³-hybridized carbons (Fsp3) is 0.250. The highest BCUT2D eigenvalue weighted by molar-refractivity contribution is 7.78. The second-order valence-electron chi connectivity index (χ2n) is 5.87. The lowest BCUT2D eigenvalue weighted by atomic mass is 9.90. The number of esters is 2. The second kappa shape index (κ2) is 9.91. The zero-order valence-electron chi connectivity index (χ0n) is 15.4. The molecule has 2 rings (SSSR count). The molecule has 2 aromatic carbocycles. The summed E-state index contributed by atoms with van der Waals surface area (Å²) in [7, 11) is 0. The highest BCUT2D eigenvalue weighted by atomic mass is 32.2. The molecule has 1 N–H and O–H groups in total. The summed E-state index contributed by atoms with van der Waals surface area (Å²) in [4.78, 5) is 36.4. The van der Waals surface area contributed by atoms with E-state index in [0.29, 0.717) is 16.9 Å². The summed E-state index contributed by atoms with van der Waals surface area (Å²) in [6.45, 7) is 3.04. The zero-order chi connectivity index (χ0) is 20.7. The smallest absolute Gasteiger partial charge is 0.321 e. The molecule has 0 aliphatic carbocycles. The maximum absolute atomic E-state index is 13.0. The summed E-state index contributed by atoms with van der Waals surface area (Å²) < 4.78 is 29.8. The normalized spacial score (nSPS) is 12.7. The van der Waals surface area contributed by atoms with E-state index in [0.717, 1.165) is 0 Å². The molecular formula is C20H20O7S. The largest absolute Gasteiger partial charge is 0.465 e. The Bertz CT molecular complexity index is 872. The van der Waals surface area contributed by atoms with Crippen LogP contribution in [-0.4, -0.2) is 33.1 Å². The van der Waals surface area contributed by atoms with Crippen LogP contribution in [0.5, 0.6) is 5.75 Å². The number of carbonyl (C=O) groups excluding carboxylic acids is 3. The Labute approximate surface area is 164 Å². The Hall–Kier alpha value is -2.84. The third-order valence-electron chi connectivity index (χ3n) is 3.79. The van der Waals surface area contributed by atoms with E-state index in [1.165, 1.54) is 43.3 Å². The average Bonchev–Trinajstić information content (AvgIpc) is 2.63. The van der Waals surface area contributed by atoms with Crippen LogP contribution >= 0.6 is 0 Å². The van der Waals surface area contributed by atoms with Gasteiger partial charge in [0.1, 0.15) is 11.7 Å². The summed E-state index contributed by atoms with van der Waals surface area (Å²) in [6.07, 6.45) is 0. The van der Waals surface area contributed by atoms with Gasteiger partial charge in [0.2, 0.25) is 0 Å². The van der Waals surface area contributed by atoms with Gasteiger partial charge in [-0.05, 0) is 30.2 Å². The Balaban J connectivity index is 2.31. The topological polar surface area (TPSA) is 107 Å². The minimum atomic E-state index is -1.98. The summed E-state index contributed by atoms with van der Waals surface area (Å²) in [6, 6.07) is 12.2. The van der Waals surface area contributed by atoms with E-state index >= 15 is 0 Å². The van der Waals surface area contributed by atoms with Crippen LogP contribution < -0.4 is 4.74 Å². The fourth-order valence-corrected chi connectivity index (χ4v) is 3.07. The van der Waals surface area contributed by atoms with Crippen molar-refractivity contribution >= 4 is 28.8 Å². The van der Waals surface area contributed by atoms with Gasteiger partial charge in [-0.25, -0.2) is 4.21 Å². The van der Waals surface area contributed by atoms with Crippen LogP contribution in [0.25, 0.3) is 0 Å². The summed E-state index contributed by atoms with van der Waals surface area (Å²) in [5.41, 5.74) is 1.27. The number of ketones is 1. The Kier molecular flexibility index (Phi) is 7.60. The van der Waals surface area contributed by atoms with E-state index in [1.807, 2.05) is 0 Å². The van der Waals surface area contributed by atoms with Crippen molar-refractivity contribution in [2.24, 2.45) is 0 Å². The molecule has 0 spiro atoms. The van der Waals surface area contributed by atoms with Gasteiger partial charge in [0, 0.05) is 12.5 Å². The number of Topliss-reactive ketones (excluding diaryl/α,β-unsaturated/α-hetero) is 1. The third kappa shape index (κ3) is 5.83. The predicted octanol–water partition coefficient (Wildman–Crippen LogP) is 2.86. The molecule has 0 bridgehead atoms. The molecule has 0 aliphatic rings. The lowest BCUT2D eigenvalue weighted by molar-refractivity contribution is -0.143. The molecule has 0 aliphatic heterocycles. The number of carbonyl (C=O) groups is 3. The van der Waals surface area contributed by atoms with Crippen molar-refractivity contribution in [3.8, 4) is 5.75 Å². The number of hydrogen-bond donors (Lipinski definition) is 1. The molecule has 0 heterocycles. The maximum atomic E-state index is 13.0.